The van der Waals surface area contributed by atoms with E-state index in [1.54, 1.807) is 12.1 Å². The van der Waals surface area contributed by atoms with Gasteiger partial charge in [-0.2, -0.15) is 0 Å². The first-order valence-electron chi connectivity index (χ1n) is 9.54. The van der Waals surface area contributed by atoms with Crippen molar-refractivity contribution in [3.63, 3.8) is 0 Å². The fraction of sp³-hybridized carbons (Fsp3) is 0.500. The Balaban J connectivity index is 2.17. The van der Waals surface area contributed by atoms with E-state index in [9.17, 15) is 19.5 Å². The summed E-state index contributed by atoms with van der Waals surface area (Å²) in [7, 11) is 0. The Kier molecular flexibility index (Phi) is 6.77. The normalized spacial score (nSPS) is 25.0. The maximum absolute atomic E-state index is 12.8. The molecular formula is C22H29NO5. The van der Waals surface area contributed by atoms with E-state index < -0.39 is 29.4 Å². The number of ether oxygens (including phenoxy) is 1. The van der Waals surface area contributed by atoms with Gasteiger partial charge in [-0.3, -0.25) is 14.4 Å². The molecule has 1 heterocycles. The number of amides is 1. The summed E-state index contributed by atoms with van der Waals surface area (Å²) in [5.41, 5.74) is 0.280. The van der Waals surface area contributed by atoms with Crippen molar-refractivity contribution in [1.29, 1.82) is 0 Å². The van der Waals surface area contributed by atoms with E-state index in [0.717, 1.165) is 5.56 Å². The average molecular weight is 387 g/mol. The van der Waals surface area contributed by atoms with Crippen molar-refractivity contribution in [2.75, 3.05) is 5.32 Å². The second-order valence-corrected chi connectivity index (χ2v) is 8.02. The van der Waals surface area contributed by atoms with Gasteiger partial charge in [-0.1, -0.05) is 32.6 Å². The van der Waals surface area contributed by atoms with Crippen LogP contribution in [0.5, 0.6) is 0 Å². The van der Waals surface area contributed by atoms with Crippen molar-refractivity contribution in [2.24, 2.45) is 11.3 Å². The zero-order valence-corrected chi connectivity index (χ0v) is 17.0. The second kappa shape index (κ2) is 8.69. The maximum Gasteiger partial charge on any atom is 0.319 e. The summed E-state index contributed by atoms with van der Waals surface area (Å²) in [5, 5.41) is 12.5. The summed E-state index contributed by atoms with van der Waals surface area (Å²) in [6, 6.07) is 7.34. The van der Waals surface area contributed by atoms with Gasteiger partial charge >= 0.3 is 5.97 Å². The molecule has 6 heteroatoms. The lowest BCUT2D eigenvalue weighted by molar-refractivity contribution is -0.174. The zero-order chi connectivity index (χ0) is 21.1. The van der Waals surface area contributed by atoms with Gasteiger partial charge in [-0.05, 0) is 49.8 Å². The molecule has 1 amide bonds. The first-order valence-corrected chi connectivity index (χ1v) is 9.54. The summed E-state index contributed by atoms with van der Waals surface area (Å²) < 4.78 is 6.10. The number of aryl methyl sites for hydroxylation is 1. The Bertz CT molecular complexity index is 768. The predicted molar refractivity (Wildman–Crippen MR) is 107 cm³/mol. The number of benzene rings is 1. The van der Waals surface area contributed by atoms with Gasteiger partial charge in [-0.25, -0.2) is 0 Å². The molecule has 3 atom stereocenters. The predicted octanol–water partition coefficient (Wildman–Crippen LogP) is 3.61. The van der Waals surface area contributed by atoms with Crippen molar-refractivity contribution in [3.05, 3.63) is 42.0 Å². The van der Waals surface area contributed by atoms with Crippen LogP contribution in [0.1, 0.15) is 46.1 Å². The third kappa shape index (κ3) is 4.68. The van der Waals surface area contributed by atoms with Crippen LogP contribution < -0.4 is 5.32 Å². The highest BCUT2D eigenvalue weighted by molar-refractivity contribution is 6.12. The second-order valence-electron chi connectivity index (χ2n) is 8.02. The Labute approximate surface area is 166 Å². The van der Waals surface area contributed by atoms with Gasteiger partial charge in [0.25, 0.3) is 0 Å². The maximum atomic E-state index is 12.8. The number of aliphatic carboxylic acids is 1. The van der Waals surface area contributed by atoms with E-state index in [2.05, 4.69) is 11.9 Å². The van der Waals surface area contributed by atoms with Gasteiger partial charge < -0.3 is 15.2 Å². The number of carbonyl (C=O) groups is 3. The van der Waals surface area contributed by atoms with Gasteiger partial charge in [0.1, 0.15) is 0 Å². The number of Topliss-reactive ketones (excluding diaryl/α,β-unsaturated/α-hetero) is 1. The van der Waals surface area contributed by atoms with Gasteiger partial charge in [0, 0.05) is 18.2 Å². The molecule has 0 radical (unpaired) electrons. The van der Waals surface area contributed by atoms with Crippen LogP contribution in [0.4, 0.5) is 5.69 Å². The fourth-order valence-corrected chi connectivity index (χ4v) is 3.52. The Morgan fingerprint density at radius 3 is 2.39 bits per heavy atom. The highest BCUT2D eigenvalue weighted by Gasteiger charge is 2.54. The molecule has 0 saturated carbocycles. The molecule has 28 heavy (non-hydrogen) atoms. The molecule has 0 bridgehead atoms. The molecule has 1 saturated heterocycles. The molecule has 1 aliphatic rings. The highest BCUT2D eigenvalue weighted by atomic mass is 16.5. The van der Waals surface area contributed by atoms with Crippen molar-refractivity contribution in [1.82, 2.24) is 0 Å². The van der Waals surface area contributed by atoms with Gasteiger partial charge in [0.15, 0.2) is 11.2 Å². The van der Waals surface area contributed by atoms with Crippen molar-refractivity contribution in [2.45, 2.75) is 59.2 Å². The minimum Gasteiger partial charge on any atom is -0.480 e. The minimum absolute atomic E-state index is 0.143. The van der Waals surface area contributed by atoms with Crippen LogP contribution >= 0.6 is 0 Å². The van der Waals surface area contributed by atoms with Gasteiger partial charge in [-0.15, -0.1) is 0 Å². The number of nitrogens with one attached hydrogen (secondary N) is 1. The molecule has 1 aromatic carbocycles. The summed E-state index contributed by atoms with van der Waals surface area (Å²) in [5.74, 6) is -1.48. The van der Waals surface area contributed by atoms with Crippen LogP contribution in [0.2, 0.25) is 0 Å². The van der Waals surface area contributed by atoms with E-state index >= 15 is 0 Å². The van der Waals surface area contributed by atoms with Crippen LogP contribution in [0.25, 0.3) is 0 Å². The van der Waals surface area contributed by atoms with Crippen LogP contribution in [0.15, 0.2) is 36.4 Å². The average Bonchev–Trinajstić information content (AvgIpc) is 2.61. The first kappa shape index (κ1) is 21.8. The molecular weight excluding hydrogens is 358 g/mol. The Hall–Kier alpha value is -2.47. The third-order valence-corrected chi connectivity index (χ3v) is 5.22. The number of hydrogen-bond acceptors (Lipinski definition) is 4. The molecule has 152 valence electrons. The zero-order valence-electron chi connectivity index (χ0n) is 17.0. The molecule has 2 rings (SSSR count). The topological polar surface area (TPSA) is 92.7 Å². The number of carboxylic acids is 1. The molecule has 1 aliphatic heterocycles. The SMILES string of the molecule is C=C1C(=O)[C@](C)(C(=O)O)[C@H](CCc2ccc(NC(C)=O)cc2)O[C@@H]1CC(C)C. The first-order chi connectivity index (χ1) is 13.1. The minimum atomic E-state index is -1.64. The van der Waals surface area contributed by atoms with E-state index in [-0.39, 0.29) is 11.5 Å². The fourth-order valence-electron chi connectivity index (χ4n) is 3.52. The Morgan fingerprint density at radius 1 is 1.29 bits per heavy atom. The number of ketones is 1. The molecule has 0 unspecified atom stereocenters. The largest absolute Gasteiger partial charge is 0.480 e. The molecule has 6 nitrogen and oxygen atoms in total. The van der Waals surface area contributed by atoms with E-state index in [1.807, 2.05) is 26.0 Å². The molecule has 1 aromatic rings. The third-order valence-electron chi connectivity index (χ3n) is 5.22. The van der Waals surface area contributed by atoms with Crippen LogP contribution in [-0.4, -0.2) is 35.0 Å². The lowest BCUT2D eigenvalue weighted by Crippen LogP contribution is -2.55. The standard InChI is InChI=1S/C22H29NO5/c1-13(2)12-18-14(3)20(25)22(5,21(26)27)19(28-18)11-8-16-6-9-17(10-7-16)23-15(4)24/h6-7,9-10,13,18-19H,3,8,11-12H2,1-2,4-5H3,(H,23,24)(H,26,27)/t18-,19+,22-/m1/s1. The lowest BCUT2D eigenvalue weighted by atomic mass is 9.71. The molecule has 2 N–H and O–H groups in total. The number of carboxylic acid groups (broad SMARTS) is 1. The van der Waals surface area contributed by atoms with Gasteiger partial charge in [0.2, 0.25) is 5.91 Å². The molecule has 0 aliphatic carbocycles. The number of anilines is 1. The lowest BCUT2D eigenvalue weighted by Gasteiger charge is -2.42. The molecule has 1 fully saturated rings. The monoisotopic (exact) mass is 387 g/mol. The quantitative estimate of drug-likeness (QED) is 0.551. The number of rotatable bonds is 7. The van der Waals surface area contributed by atoms with Crippen LogP contribution in [0.3, 0.4) is 0 Å². The Morgan fingerprint density at radius 2 is 1.89 bits per heavy atom. The van der Waals surface area contributed by atoms with Crippen molar-refractivity contribution >= 4 is 23.3 Å². The van der Waals surface area contributed by atoms with E-state index in [0.29, 0.717) is 30.9 Å². The van der Waals surface area contributed by atoms with Crippen molar-refractivity contribution < 1.29 is 24.2 Å². The van der Waals surface area contributed by atoms with Gasteiger partial charge in [0.05, 0.1) is 12.2 Å². The van der Waals surface area contributed by atoms with Crippen LogP contribution in [-0.2, 0) is 25.5 Å². The molecule has 0 aromatic heterocycles. The van der Waals surface area contributed by atoms with Crippen LogP contribution in [0, 0.1) is 11.3 Å². The smallest absolute Gasteiger partial charge is 0.319 e. The summed E-state index contributed by atoms with van der Waals surface area (Å²) in [6.07, 6.45) is 0.397. The highest BCUT2D eigenvalue weighted by Crippen LogP contribution is 2.40. The van der Waals surface area contributed by atoms with E-state index in [1.165, 1.54) is 13.8 Å². The van der Waals surface area contributed by atoms with E-state index in [4.69, 9.17) is 4.74 Å². The summed E-state index contributed by atoms with van der Waals surface area (Å²) in [6.45, 7) is 10.7. The van der Waals surface area contributed by atoms with Crippen molar-refractivity contribution in [3.8, 4) is 0 Å². The summed E-state index contributed by atoms with van der Waals surface area (Å²) >= 11 is 0. The molecule has 0 spiro atoms. The number of carbonyl (C=O) groups excluding carboxylic acids is 2. The number of hydrogen-bond donors (Lipinski definition) is 2. The summed E-state index contributed by atoms with van der Waals surface area (Å²) in [4.78, 5) is 35.9.